The van der Waals surface area contributed by atoms with E-state index in [-0.39, 0.29) is 41.5 Å². The molecule has 14 heteroatoms. The quantitative estimate of drug-likeness (QED) is 0.0915. The van der Waals surface area contributed by atoms with Gasteiger partial charge in [-0.1, -0.05) is 49.2 Å². The molecule has 2 aliphatic heterocycles. The SMILES string of the molecule is CCC[SiH2]OC(=S)[C@@H]1C[C@H](c2ccc(C(=O)OC)cc2)[C@@H](OCc2ccc3c(c2)N(CCCOC)C(=O)CO3)CN1S(=O)(=O)c1ccc(C)cc1. The van der Waals surface area contributed by atoms with Crippen molar-refractivity contribution in [3.8, 4) is 5.75 Å². The maximum absolute atomic E-state index is 14.3. The molecule has 0 spiro atoms. The van der Waals surface area contributed by atoms with Gasteiger partial charge in [-0.25, -0.2) is 13.2 Å². The van der Waals surface area contributed by atoms with Crippen LogP contribution in [0.25, 0.3) is 0 Å². The van der Waals surface area contributed by atoms with E-state index >= 15 is 0 Å². The molecule has 0 bridgehead atoms. The Morgan fingerprint density at radius 1 is 1.06 bits per heavy atom. The van der Waals surface area contributed by atoms with Crippen LogP contribution in [0, 0.1) is 6.92 Å². The first-order chi connectivity index (χ1) is 24.6. The van der Waals surface area contributed by atoms with E-state index in [1.165, 1.54) is 11.4 Å². The average molecular weight is 755 g/mol. The van der Waals surface area contributed by atoms with E-state index in [2.05, 4.69) is 6.92 Å². The number of piperidine rings is 1. The number of benzene rings is 3. The lowest BCUT2D eigenvalue weighted by molar-refractivity contribution is -0.121. The maximum Gasteiger partial charge on any atom is 0.337 e. The van der Waals surface area contributed by atoms with Gasteiger partial charge in [0.1, 0.15) is 5.75 Å². The number of anilines is 1. The van der Waals surface area contributed by atoms with Crippen molar-refractivity contribution < 1.29 is 41.4 Å². The number of hydrogen-bond donors (Lipinski definition) is 0. The molecule has 0 radical (unpaired) electrons. The fourth-order valence-electron chi connectivity index (χ4n) is 6.34. The average Bonchev–Trinajstić information content (AvgIpc) is 3.14. The molecule has 2 aliphatic rings. The summed E-state index contributed by atoms with van der Waals surface area (Å²) in [6.07, 6.45) is 1.34. The number of aryl methyl sites for hydroxylation is 1. The van der Waals surface area contributed by atoms with E-state index < -0.39 is 37.9 Å². The van der Waals surface area contributed by atoms with Crippen molar-refractivity contribution in [2.75, 3.05) is 45.4 Å². The highest BCUT2D eigenvalue weighted by molar-refractivity contribution is 7.89. The van der Waals surface area contributed by atoms with E-state index in [1.807, 2.05) is 37.3 Å². The van der Waals surface area contributed by atoms with E-state index in [4.69, 9.17) is 35.6 Å². The lowest BCUT2D eigenvalue weighted by Gasteiger charge is -2.43. The summed E-state index contributed by atoms with van der Waals surface area (Å²) in [5.74, 6) is -0.278. The second-order valence-corrected chi connectivity index (χ2v) is 16.4. The number of methoxy groups -OCH3 is 2. The maximum atomic E-state index is 14.3. The number of sulfonamides is 1. The molecule has 0 aromatic heterocycles. The van der Waals surface area contributed by atoms with Crippen molar-refractivity contribution in [3.05, 3.63) is 89.0 Å². The summed E-state index contributed by atoms with van der Waals surface area (Å²) in [6, 6.07) is 19.7. The second-order valence-electron chi connectivity index (χ2n) is 12.7. The van der Waals surface area contributed by atoms with Crippen molar-refractivity contribution in [1.29, 1.82) is 0 Å². The van der Waals surface area contributed by atoms with Crippen LogP contribution in [0.4, 0.5) is 5.69 Å². The number of nitrogens with zero attached hydrogens (tertiary/aromatic N) is 2. The second kappa shape index (κ2) is 17.7. The van der Waals surface area contributed by atoms with Crippen LogP contribution >= 0.6 is 12.2 Å². The first-order valence-electron chi connectivity index (χ1n) is 17.2. The zero-order valence-corrected chi connectivity index (χ0v) is 32.6. The van der Waals surface area contributed by atoms with Gasteiger partial charge in [-0.05, 0) is 85.6 Å². The van der Waals surface area contributed by atoms with Gasteiger partial charge in [-0.15, -0.1) is 0 Å². The van der Waals surface area contributed by atoms with Crippen molar-refractivity contribution >= 4 is 54.6 Å². The molecule has 3 aromatic carbocycles. The molecule has 0 aliphatic carbocycles. The van der Waals surface area contributed by atoms with E-state index in [0.29, 0.717) is 43.0 Å². The Morgan fingerprint density at radius 2 is 1.80 bits per heavy atom. The summed E-state index contributed by atoms with van der Waals surface area (Å²) >= 11 is 5.83. The molecule has 0 N–H and O–H groups in total. The van der Waals surface area contributed by atoms with Crippen LogP contribution in [0.3, 0.4) is 0 Å². The summed E-state index contributed by atoms with van der Waals surface area (Å²) in [5.41, 5.74) is 3.67. The number of thiocarbonyl (C=S) groups is 1. The van der Waals surface area contributed by atoms with Gasteiger partial charge in [0.05, 0.1) is 42.0 Å². The first-order valence-corrected chi connectivity index (χ1v) is 20.6. The monoisotopic (exact) mass is 754 g/mol. The standard InChI is InChI=1S/C37H46N2O9S2Si/c1-5-19-51-48-37(49)32-21-30(27-10-12-28(13-11-27)36(41)45-4)34(22-39(32)50(42,43)29-14-7-25(2)8-15-29)46-23-26-9-16-33-31(20-26)38(17-6-18-44-3)35(40)24-47-33/h7-16,20,30,32,34H,5-6,17-19,21-24,51H2,1-4H3/t30-,32+,34+/m1/s1. The van der Waals surface area contributed by atoms with Crippen molar-refractivity contribution in [2.24, 2.45) is 0 Å². The summed E-state index contributed by atoms with van der Waals surface area (Å²) in [4.78, 5) is 26.9. The molecule has 274 valence electrons. The topological polar surface area (TPSA) is 121 Å². The molecule has 0 unspecified atom stereocenters. The molecule has 5 rings (SSSR count). The van der Waals surface area contributed by atoms with Gasteiger partial charge in [0.2, 0.25) is 19.8 Å². The Bertz CT molecular complexity index is 1790. The van der Waals surface area contributed by atoms with Crippen molar-refractivity contribution in [3.63, 3.8) is 0 Å². The predicted octanol–water partition coefficient (Wildman–Crippen LogP) is 4.93. The number of rotatable bonds is 15. The summed E-state index contributed by atoms with van der Waals surface area (Å²) in [7, 11) is -2.04. The molecular weight excluding hydrogens is 709 g/mol. The Kier molecular flexibility index (Phi) is 13.4. The van der Waals surface area contributed by atoms with Gasteiger partial charge in [0.25, 0.3) is 5.91 Å². The van der Waals surface area contributed by atoms with Gasteiger partial charge < -0.3 is 28.3 Å². The first kappa shape index (κ1) is 38.6. The third-order valence-electron chi connectivity index (χ3n) is 9.20. The van der Waals surface area contributed by atoms with Crippen LogP contribution in [0.15, 0.2) is 71.6 Å². The van der Waals surface area contributed by atoms with E-state index in [9.17, 15) is 18.0 Å². The fourth-order valence-corrected chi connectivity index (χ4v) is 9.31. The molecule has 1 fully saturated rings. The smallest absolute Gasteiger partial charge is 0.337 e. The molecule has 3 aromatic rings. The predicted molar refractivity (Wildman–Crippen MR) is 201 cm³/mol. The Hall–Kier alpha value is -3.66. The van der Waals surface area contributed by atoms with E-state index in [1.54, 1.807) is 48.4 Å². The minimum atomic E-state index is -4.01. The fraction of sp³-hybridized carbons (Fsp3) is 0.432. The summed E-state index contributed by atoms with van der Waals surface area (Å²) < 4.78 is 58.7. The lowest BCUT2D eigenvalue weighted by atomic mass is 9.84. The molecule has 0 saturated carbocycles. The van der Waals surface area contributed by atoms with Gasteiger partial charge in [0.15, 0.2) is 11.7 Å². The van der Waals surface area contributed by atoms with Crippen LogP contribution in [0.5, 0.6) is 5.75 Å². The van der Waals surface area contributed by atoms with Crippen LogP contribution in [-0.4, -0.2) is 92.1 Å². The highest BCUT2D eigenvalue weighted by Gasteiger charge is 2.45. The molecule has 1 saturated heterocycles. The number of esters is 1. The number of amides is 1. The number of ether oxygens (including phenoxy) is 4. The highest BCUT2D eigenvalue weighted by Crippen LogP contribution is 2.39. The number of carbonyl (C=O) groups excluding carboxylic acids is 2. The Morgan fingerprint density at radius 3 is 2.49 bits per heavy atom. The van der Waals surface area contributed by atoms with Gasteiger partial charge in [-0.2, -0.15) is 4.31 Å². The minimum Gasteiger partial charge on any atom is -0.544 e. The summed E-state index contributed by atoms with van der Waals surface area (Å²) in [5, 5.41) is 0.272. The van der Waals surface area contributed by atoms with Crippen molar-refractivity contribution in [2.45, 2.75) is 68.7 Å². The number of fused-ring (bicyclic) bond motifs is 1. The molecule has 51 heavy (non-hydrogen) atoms. The Labute approximate surface area is 308 Å². The lowest BCUT2D eigenvalue weighted by Crippen LogP contribution is -2.55. The zero-order chi connectivity index (χ0) is 36.5. The number of carbonyl (C=O) groups is 2. The number of hydrogen-bond acceptors (Lipinski definition) is 10. The van der Waals surface area contributed by atoms with Crippen LogP contribution in [0.2, 0.25) is 6.04 Å². The zero-order valence-electron chi connectivity index (χ0n) is 29.5. The van der Waals surface area contributed by atoms with Gasteiger partial charge >= 0.3 is 5.97 Å². The third kappa shape index (κ3) is 9.23. The minimum absolute atomic E-state index is 0.0127. The van der Waals surface area contributed by atoms with E-state index in [0.717, 1.165) is 29.2 Å². The van der Waals surface area contributed by atoms with Crippen LogP contribution in [0.1, 0.15) is 59.2 Å². The molecule has 3 atom stereocenters. The Balaban J connectivity index is 1.49. The van der Waals surface area contributed by atoms with Gasteiger partial charge in [-0.3, -0.25) is 4.79 Å². The molecule has 11 nitrogen and oxygen atoms in total. The molecule has 2 heterocycles. The third-order valence-corrected chi connectivity index (χ3v) is 13.2. The summed E-state index contributed by atoms with van der Waals surface area (Å²) in [6.45, 7) is 5.11. The normalized spacial score (nSPS) is 19.5. The van der Waals surface area contributed by atoms with Gasteiger partial charge in [0, 0.05) is 32.7 Å². The molecular formula is C37H46N2O9S2Si. The van der Waals surface area contributed by atoms with Crippen LogP contribution < -0.4 is 9.64 Å². The van der Waals surface area contributed by atoms with Crippen molar-refractivity contribution in [1.82, 2.24) is 4.31 Å². The molecule has 1 amide bonds. The van der Waals surface area contributed by atoms with Crippen LogP contribution in [-0.2, 0) is 40.1 Å². The largest absolute Gasteiger partial charge is 0.544 e. The highest BCUT2D eigenvalue weighted by atomic mass is 32.2.